The molecular formula is C17H21ClN2O2S. The summed E-state index contributed by atoms with van der Waals surface area (Å²) in [6.45, 7) is 7.88. The molecule has 0 bridgehead atoms. The van der Waals surface area contributed by atoms with Crippen LogP contribution >= 0.6 is 22.9 Å². The molecule has 23 heavy (non-hydrogen) atoms. The van der Waals surface area contributed by atoms with Gasteiger partial charge in [-0.3, -0.25) is 4.79 Å². The van der Waals surface area contributed by atoms with Gasteiger partial charge >= 0.3 is 0 Å². The third-order valence-electron chi connectivity index (χ3n) is 3.80. The lowest BCUT2D eigenvalue weighted by Gasteiger charge is -2.24. The molecule has 0 spiro atoms. The van der Waals surface area contributed by atoms with Crippen LogP contribution in [0.1, 0.15) is 34.1 Å². The van der Waals surface area contributed by atoms with Crippen LogP contribution in [0.3, 0.4) is 0 Å². The Hall–Kier alpha value is -1.59. The number of nitrogens with zero attached hydrogens (tertiary/aromatic N) is 2. The topological polar surface area (TPSA) is 42.4 Å². The van der Waals surface area contributed by atoms with E-state index >= 15 is 0 Å². The Morgan fingerprint density at radius 1 is 1.39 bits per heavy atom. The summed E-state index contributed by atoms with van der Waals surface area (Å²) in [6, 6.07) is 5.27. The molecule has 0 radical (unpaired) electrons. The van der Waals surface area contributed by atoms with E-state index < -0.39 is 0 Å². The second kappa shape index (κ2) is 7.32. The van der Waals surface area contributed by atoms with Crippen LogP contribution in [0.4, 0.5) is 0 Å². The van der Waals surface area contributed by atoms with Gasteiger partial charge in [0.25, 0.3) is 5.91 Å². The molecule has 0 N–H and O–H groups in total. The third kappa shape index (κ3) is 4.24. The molecule has 6 heteroatoms. The maximum atomic E-state index is 12.4. The number of aryl methyl sites for hydroxylation is 3. The van der Waals surface area contributed by atoms with Crippen LogP contribution in [0.5, 0.6) is 5.75 Å². The van der Waals surface area contributed by atoms with Crippen LogP contribution in [0.25, 0.3) is 0 Å². The molecule has 1 aromatic heterocycles. The van der Waals surface area contributed by atoms with Gasteiger partial charge in [0, 0.05) is 16.9 Å². The monoisotopic (exact) mass is 352 g/mol. The number of hydrogen-bond donors (Lipinski definition) is 0. The van der Waals surface area contributed by atoms with Gasteiger partial charge in [-0.1, -0.05) is 11.6 Å². The third-order valence-corrected chi connectivity index (χ3v) is 4.93. The Kier molecular flexibility index (Phi) is 5.65. The highest BCUT2D eigenvalue weighted by Gasteiger charge is 2.22. The van der Waals surface area contributed by atoms with Crippen LogP contribution in [0.2, 0.25) is 5.02 Å². The van der Waals surface area contributed by atoms with Crippen molar-refractivity contribution in [3.05, 3.63) is 44.4 Å². The fourth-order valence-electron chi connectivity index (χ4n) is 2.35. The zero-order valence-corrected chi connectivity index (χ0v) is 15.6. The van der Waals surface area contributed by atoms with Crippen LogP contribution in [0.15, 0.2) is 18.2 Å². The minimum absolute atomic E-state index is 0.00845. The van der Waals surface area contributed by atoms with Crippen molar-refractivity contribution in [1.29, 1.82) is 0 Å². The SMILES string of the molecule is Cc1nc([C@@H](C)N(C)C(=O)COc2ccc(Cl)cc2C)c(C)s1. The molecule has 0 aliphatic carbocycles. The van der Waals surface area contributed by atoms with Gasteiger partial charge in [0.05, 0.1) is 16.7 Å². The highest BCUT2D eigenvalue weighted by molar-refractivity contribution is 7.11. The molecule has 1 amide bonds. The van der Waals surface area contributed by atoms with Gasteiger partial charge in [-0.15, -0.1) is 11.3 Å². The predicted octanol–water partition coefficient (Wildman–Crippen LogP) is 4.32. The van der Waals surface area contributed by atoms with Crippen LogP contribution in [-0.4, -0.2) is 29.4 Å². The number of thiazole rings is 1. The van der Waals surface area contributed by atoms with Crippen molar-refractivity contribution in [3.8, 4) is 5.75 Å². The quantitative estimate of drug-likeness (QED) is 0.804. The molecule has 1 heterocycles. The molecular weight excluding hydrogens is 332 g/mol. The first-order chi connectivity index (χ1) is 10.8. The van der Waals surface area contributed by atoms with Gasteiger partial charge in [-0.2, -0.15) is 0 Å². The number of hydrogen-bond acceptors (Lipinski definition) is 4. The number of amides is 1. The van der Waals surface area contributed by atoms with Crippen molar-refractivity contribution in [2.24, 2.45) is 0 Å². The minimum Gasteiger partial charge on any atom is -0.483 e. The first-order valence-electron chi connectivity index (χ1n) is 7.38. The average Bonchev–Trinajstić information content (AvgIpc) is 2.83. The van der Waals surface area contributed by atoms with Gasteiger partial charge in [-0.25, -0.2) is 4.98 Å². The van der Waals surface area contributed by atoms with E-state index in [1.807, 2.05) is 33.8 Å². The summed E-state index contributed by atoms with van der Waals surface area (Å²) in [5, 5.41) is 1.67. The van der Waals surface area contributed by atoms with Crippen LogP contribution < -0.4 is 4.74 Å². The smallest absolute Gasteiger partial charge is 0.260 e. The molecule has 1 aromatic carbocycles. The minimum atomic E-state index is -0.0862. The average molecular weight is 353 g/mol. The standard InChI is InChI=1S/C17H21ClN2O2S/c1-10-8-14(18)6-7-15(10)22-9-16(21)20(5)11(2)17-12(3)23-13(4)19-17/h6-8,11H,9H2,1-5H3/t11-/m1/s1. The zero-order chi connectivity index (χ0) is 17.1. The Morgan fingerprint density at radius 3 is 2.65 bits per heavy atom. The molecule has 0 aliphatic heterocycles. The number of halogens is 1. The van der Waals surface area contributed by atoms with Crippen LogP contribution in [-0.2, 0) is 4.79 Å². The second-order valence-corrected chi connectivity index (χ2v) is 7.40. The molecule has 1 atom stereocenters. The van der Waals surface area contributed by atoms with Gasteiger partial charge in [0.15, 0.2) is 6.61 Å². The molecule has 124 valence electrons. The number of benzene rings is 1. The Bertz CT molecular complexity index is 715. The summed E-state index contributed by atoms with van der Waals surface area (Å²) >= 11 is 7.57. The van der Waals surface area contributed by atoms with Gasteiger partial charge in [0.2, 0.25) is 0 Å². The fraction of sp³-hybridized carbons (Fsp3) is 0.412. The summed E-state index contributed by atoms with van der Waals surface area (Å²) < 4.78 is 5.63. The maximum absolute atomic E-state index is 12.4. The summed E-state index contributed by atoms with van der Waals surface area (Å²) in [7, 11) is 1.78. The molecule has 0 fully saturated rings. The van der Waals surface area contributed by atoms with Crippen molar-refractivity contribution >= 4 is 28.8 Å². The number of likely N-dealkylation sites (N-methyl/N-ethyl adjacent to an activating group) is 1. The molecule has 2 rings (SSSR count). The first-order valence-corrected chi connectivity index (χ1v) is 8.57. The summed E-state index contributed by atoms with van der Waals surface area (Å²) in [5.74, 6) is 0.585. The molecule has 2 aromatic rings. The van der Waals surface area contributed by atoms with E-state index in [4.69, 9.17) is 16.3 Å². The fourth-order valence-corrected chi connectivity index (χ4v) is 3.48. The number of aromatic nitrogens is 1. The highest BCUT2D eigenvalue weighted by atomic mass is 35.5. The predicted molar refractivity (Wildman–Crippen MR) is 94.5 cm³/mol. The molecule has 0 saturated carbocycles. The van der Waals surface area contributed by atoms with Gasteiger partial charge in [0.1, 0.15) is 5.75 Å². The van der Waals surface area contributed by atoms with E-state index in [-0.39, 0.29) is 18.6 Å². The Labute approximate surface area is 146 Å². The van der Waals surface area contributed by atoms with Gasteiger partial charge < -0.3 is 9.64 Å². The maximum Gasteiger partial charge on any atom is 0.260 e. The Morgan fingerprint density at radius 2 is 2.09 bits per heavy atom. The van der Waals surface area contributed by atoms with Crippen molar-refractivity contribution in [2.75, 3.05) is 13.7 Å². The molecule has 4 nitrogen and oxygen atoms in total. The summed E-state index contributed by atoms with van der Waals surface area (Å²) in [6.07, 6.45) is 0. The van der Waals surface area contributed by atoms with E-state index in [1.54, 1.807) is 35.4 Å². The molecule has 0 unspecified atom stereocenters. The van der Waals surface area contributed by atoms with E-state index in [2.05, 4.69) is 4.98 Å². The van der Waals surface area contributed by atoms with Gasteiger partial charge in [-0.05, 0) is 51.5 Å². The lowest BCUT2D eigenvalue weighted by Crippen LogP contribution is -2.34. The second-order valence-electron chi connectivity index (χ2n) is 5.55. The van der Waals surface area contributed by atoms with E-state index in [0.717, 1.165) is 21.1 Å². The molecule has 0 saturated heterocycles. The van der Waals surface area contributed by atoms with E-state index in [9.17, 15) is 4.79 Å². The lowest BCUT2D eigenvalue weighted by molar-refractivity contribution is -0.134. The lowest BCUT2D eigenvalue weighted by atomic mass is 10.2. The summed E-state index contributed by atoms with van der Waals surface area (Å²) in [5.41, 5.74) is 1.86. The van der Waals surface area contributed by atoms with Crippen molar-refractivity contribution in [2.45, 2.75) is 33.7 Å². The van der Waals surface area contributed by atoms with E-state index in [0.29, 0.717) is 10.8 Å². The Balaban J connectivity index is 2.01. The van der Waals surface area contributed by atoms with Crippen LogP contribution in [0, 0.1) is 20.8 Å². The number of rotatable bonds is 5. The first kappa shape index (κ1) is 17.8. The summed E-state index contributed by atoms with van der Waals surface area (Å²) in [4.78, 5) is 19.7. The number of carbonyl (C=O) groups is 1. The van der Waals surface area contributed by atoms with Crippen molar-refractivity contribution in [1.82, 2.24) is 9.88 Å². The zero-order valence-electron chi connectivity index (χ0n) is 14.0. The molecule has 0 aliphatic rings. The normalized spacial score (nSPS) is 12.1. The van der Waals surface area contributed by atoms with Crippen molar-refractivity contribution in [3.63, 3.8) is 0 Å². The van der Waals surface area contributed by atoms with E-state index in [1.165, 1.54) is 0 Å². The highest BCUT2D eigenvalue weighted by Crippen LogP contribution is 2.26. The van der Waals surface area contributed by atoms with Crippen molar-refractivity contribution < 1.29 is 9.53 Å². The number of carbonyl (C=O) groups excluding carboxylic acids is 1. The number of ether oxygens (including phenoxy) is 1. The largest absolute Gasteiger partial charge is 0.483 e.